The molecule has 21 heavy (non-hydrogen) atoms. The van der Waals surface area contributed by atoms with Gasteiger partial charge in [0.25, 0.3) is 0 Å². The van der Waals surface area contributed by atoms with Gasteiger partial charge in [0.05, 0.1) is 19.1 Å². The summed E-state index contributed by atoms with van der Waals surface area (Å²) in [6.07, 6.45) is 4.17. The lowest BCUT2D eigenvalue weighted by atomic mass is 9.97. The lowest BCUT2D eigenvalue weighted by Gasteiger charge is -2.35. The van der Waals surface area contributed by atoms with Gasteiger partial charge in [-0.25, -0.2) is 0 Å². The molecule has 2 heterocycles. The van der Waals surface area contributed by atoms with Gasteiger partial charge in [0.2, 0.25) is 5.91 Å². The Morgan fingerprint density at radius 1 is 1.14 bits per heavy atom. The van der Waals surface area contributed by atoms with Crippen LogP contribution in [0.3, 0.4) is 0 Å². The van der Waals surface area contributed by atoms with Crippen LogP contribution in [0.5, 0.6) is 0 Å². The van der Waals surface area contributed by atoms with Crippen LogP contribution in [0.1, 0.15) is 39.5 Å². The Bertz CT molecular complexity index is 373. The third-order valence-corrected chi connectivity index (χ3v) is 4.49. The number of hydrogen-bond acceptors (Lipinski definition) is 4. The molecule has 2 saturated heterocycles. The lowest BCUT2D eigenvalue weighted by molar-refractivity contribution is -0.151. The largest absolute Gasteiger partial charge is 0.466 e. The van der Waals surface area contributed by atoms with Crippen molar-refractivity contribution >= 4 is 11.9 Å². The predicted octanol–water partition coefficient (Wildman–Crippen LogP) is 1.52. The first-order chi connectivity index (χ1) is 10.1. The number of carbonyl (C=O) groups is 2. The first-order valence-corrected chi connectivity index (χ1v) is 8.27. The highest BCUT2D eigenvalue weighted by molar-refractivity contribution is 5.80. The molecule has 5 heteroatoms. The molecule has 0 radical (unpaired) electrons. The summed E-state index contributed by atoms with van der Waals surface area (Å²) in [7, 11) is 0. The van der Waals surface area contributed by atoms with Gasteiger partial charge in [-0.2, -0.15) is 0 Å². The fourth-order valence-electron chi connectivity index (χ4n) is 3.38. The van der Waals surface area contributed by atoms with E-state index in [2.05, 4.69) is 11.8 Å². The van der Waals surface area contributed by atoms with Gasteiger partial charge in [-0.05, 0) is 45.1 Å². The standard InChI is InChI=1S/C16H28N2O3/c1-3-21-16(20)14-7-5-9-18(11-14)15(19)12-17-8-4-6-13(2)10-17/h13-14H,3-12H2,1-2H3. The third kappa shape index (κ3) is 4.70. The number of carbonyl (C=O) groups excluding carboxylic acids is 2. The lowest BCUT2D eigenvalue weighted by Crippen LogP contribution is -2.48. The van der Waals surface area contributed by atoms with Gasteiger partial charge >= 0.3 is 5.97 Å². The normalized spacial score (nSPS) is 27.4. The smallest absolute Gasteiger partial charge is 0.310 e. The van der Waals surface area contributed by atoms with Crippen molar-refractivity contribution in [3.05, 3.63) is 0 Å². The van der Waals surface area contributed by atoms with Crippen molar-refractivity contribution in [2.75, 3.05) is 39.3 Å². The van der Waals surface area contributed by atoms with Gasteiger partial charge < -0.3 is 9.64 Å². The maximum absolute atomic E-state index is 12.4. The van der Waals surface area contributed by atoms with Crippen molar-refractivity contribution in [1.82, 2.24) is 9.80 Å². The summed E-state index contributed by atoms with van der Waals surface area (Å²) < 4.78 is 5.09. The highest BCUT2D eigenvalue weighted by Gasteiger charge is 2.30. The quantitative estimate of drug-likeness (QED) is 0.738. The van der Waals surface area contributed by atoms with Crippen LogP contribution in [0.2, 0.25) is 0 Å². The molecule has 0 saturated carbocycles. The molecule has 0 N–H and O–H groups in total. The van der Waals surface area contributed by atoms with Crippen LogP contribution in [-0.2, 0) is 14.3 Å². The topological polar surface area (TPSA) is 49.9 Å². The summed E-state index contributed by atoms with van der Waals surface area (Å²) in [5.74, 6) is 0.558. The van der Waals surface area contributed by atoms with Gasteiger partial charge in [-0.15, -0.1) is 0 Å². The van der Waals surface area contributed by atoms with Gasteiger partial charge in [0, 0.05) is 19.6 Å². The molecule has 0 aromatic rings. The highest BCUT2D eigenvalue weighted by atomic mass is 16.5. The molecule has 5 nitrogen and oxygen atoms in total. The zero-order chi connectivity index (χ0) is 15.2. The van der Waals surface area contributed by atoms with E-state index in [4.69, 9.17) is 4.74 Å². The zero-order valence-electron chi connectivity index (χ0n) is 13.3. The van der Waals surface area contributed by atoms with Crippen LogP contribution < -0.4 is 0 Å². The molecule has 0 aliphatic carbocycles. The maximum Gasteiger partial charge on any atom is 0.310 e. The molecule has 2 fully saturated rings. The third-order valence-electron chi connectivity index (χ3n) is 4.49. The van der Waals surface area contributed by atoms with Crippen molar-refractivity contribution in [3.63, 3.8) is 0 Å². The Labute approximate surface area is 127 Å². The second-order valence-corrected chi connectivity index (χ2v) is 6.41. The number of esters is 1. The van der Waals surface area contributed by atoms with Gasteiger partial charge in [0.15, 0.2) is 0 Å². The molecule has 2 aliphatic heterocycles. The van der Waals surface area contributed by atoms with Crippen LogP contribution in [-0.4, -0.2) is 61.0 Å². The summed E-state index contributed by atoms with van der Waals surface area (Å²) in [5.41, 5.74) is 0. The Morgan fingerprint density at radius 3 is 2.62 bits per heavy atom. The van der Waals surface area contributed by atoms with E-state index < -0.39 is 0 Å². The minimum absolute atomic E-state index is 0.136. The number of ether oxygens (including phenoxy) is 1. The summed E-state index contributed by atoms with van der Waals surface area (Å²) >= 11 is 0. The van der Waals surface area contributed by atoms with E-state index in [1.165, 1.54) is 12.8 Å². The number of piperidine rings is 2. The molecule has 0 aromatic heterocycles. The van der Waals surface area contributed by atoms with Crippen LogP contribution in [0.15, 0.2) is 0 Å². The number of nitrogens with zero attached hydrogens (tertiary/aromatic N) is 2. The summed E-state index contributed by atoms with van der Waals surface area (Å²) in [6, 6.07) is 0. The first-order valence-electron chi connectivity index (χ1n) is 8.27. The van der Waals surface area contributed by atoms with Gasteiger partial charge in [0.1, 0.15) is 0 Å². The average molecular weight is 296 g/mol. The van der Waals surface area contributed by atoms with Crippen molar-refractivity contribution in [1.29, 1.82) is 0 Å². The minimum Gasteiger partial charge on any atom is -0.466 e. The van der Waals surface area contributed by atoms with Gasteiger partial charge in [-0.3, -0.25) is 14.5 Å². The van der Waals surface area contributed by atoms with Crippen LogP contribution in [0.25, 0.3) is 0 Å². The molecule has 2 aliphatic rings. The summed E-state index contributed by atoms with van der Waals surface area (Å²) in [5, 5.41) is 0. The maximum atomic E-state index is 12.4. The van der Waals surface area contributed by atoms with E-state index in [0.717, 1.165) is 32.5 Å². The molecule has 0 spiro atoms. The van der Waals surface area contributed by atoms with E-state index in [0.29, 0.717) is 25.6 Å². The van der Waals surface area contributed by atoms with E-state index in [9.17, 15) is 9.59 Å². The molecule has 0 aromatic carbocycles. The van der Waals surface area contributed by atoms with E-state index in [-0.39, 0.29) is 17.8 Å². The minimum atomic E-state index is -0.151. The van der Waals surface area contributed by atoms with Crippen LogP contribution in [0, 0.1) is 11.8 Å². The Morgan fingerprint density at radius 2 is 1.90 bits per heavy atom. The summed E-state index contributed by atoms with van der Waals surface area (Å²) in [4.78, 5) is 28.4. The molecule has 0 bridgehead atoms. The van der Waals surface area contributed by atoms with Crippen molar-refractivity contribution in [2.45, 2.75) is 39.5 Å². The molecular weight excluding hydrogens is 268 g/mol. The SMILES string of the molecule is CCOC(=O)C1CCCN(C(=O)CN2CCCC(C)C2)C1. The monoisotopic (exact) mass is 296 g/mol. The fourth-order valence-corrected chi connectivity index (χ4v) is 3.38. The van der Waals surface area contributed by atoms with Crippen molar-refractivity contribution < 1.29 is 14.3 Å². The molecule has 2 atom stereocenters. The number of likely N-dealkylation sites (tertiary alicyclic amines) is 2. The average Bonchev–Trinajstić information content (AvgIpc) is 2.47. The Kier molecular flexibility index (Phi) is 6.03. The summed E-state index contributed by atoms with van der Waals surface area (Å²) in [6.45, 7) is 8.32. The van der Waals surface area contributed by atoms with Crippen LogP contribution in [0.4, 0.5) is 0 Å². The van der Waals surface area contributed by atoms with Crippen molar-refractivity contribution in [2.24, 2.45) is 11.8 Å². The molecule has 2 rings (SSSR count). The van der Waals surface area contributed by atoms with Crippen LogP contribution >= 0.6 is 0 Å². The van der Waals surface area contributed by atoms with Gasteiger partial charge in [-0.1, -0.05) is 6.92 Å². The van der Waals surface area contributed by atoms with E-state index >= 15 is 0 Å². The van der Waals surface area contributed by atoms with E-state index in [1.807, 2.05) is 11.8 Å². The second-order valence-electron chi connectivity index (χ2n) is 6.41. The molecule has 1 amide bonds. The number of amides is 1. The first kappa shape index (κ1) is 16.3. The molecular formula is C16H28N2O3. The highest BCUT2D eigenvalue weighted by Crippen LogP contribution is 2.19. The molecule has 120 valence electrons. The fraction of sp³-hybridized carbons (Fsp3) is 0.875. The Hall–Kier alpha value is -1.10. The number of rotatable bonds is 4. The Balaban J connectivity index is 1.82. The molecule has 2 unspecified atom stereocenters. The zero-order valence-corrected chi connectivity index (χ0v) is 13.3. The van der Waals surface area contributed by atoms with Crippen molar-refractivity contribution in [3.8, 4) is 0 Å². The predicted molar refractivity (Wildman–Crippen MR) is 80.8 cm³/mol. The second kappa shape index (κ2) is 7.78. The number of hydrogen-bond donors (Lipinski definition) is 0. The van der Waals surface area contributed by atoms with E-state index in [1.54, 1.807) is 0 Å².